The molecule has 1 unspecified atom stereocenters. The average molecular weight is 505 g/mol. The third-order valence-electron chi connectivity index (χ3n) is 7.45. The van der Waals surface area contributed by atoms with Crippen molar-refractivity contribution in [1.82, 2.24) is 20.4 Å². The lowest BCUT2D eigenvalue weighted by molar-refractivity contribution is -0.136. The van der Waals surface area contributed by atoms with Gasteiger partial charge in [0.1, 0.15) is 6.04 Å². The highest BCUT2D eigenvalue weighted by atomic mass is 16.5. The number of nitrogens with zero attached hydrogens (tertiary/aromatic N) is 2. The van der Waals surface area contributed by atoms with E-state index in [1.54, 1.807) is 6.07 Å². The summed E-state index contributed by atoms with van der Waals surface area (Å²) in [6, 6.07) is 10.7. The summed E-state index contributed by atoms with van der Waals surface area (Å²) in [6.07, 6.45) is 1.44. The maximum Gasteiger partial charge on any atom is 0.255 e. The summed E-state index contributed by atoms with van der Waals surface area (Å²) in [5.41, 5.74) is 5.23. The maximum absolute atomic E-state index is 12.9. The minimum absolute atomic E-state index is 0.144. The van der Waals surface area contributed by atoms with E-state index in [0.29, 0.717) is 30.6 Å². The number of morpholine rings is 1. The predicted octanol–water partition coefficient (Wildman–Crippen LogP) is 1.56. The molecule has 0 radical (unpaired) electrons. The summed E-state index contributed by atoms with van der Waals surface area (Å²) in [6.45, 7) is 7.08. The normalized spacial score (nSPS) is 20.1. The Kier molecular flexibility index (Phi) is 7.34. The van der Waals surface area contributed by atoms with Crippen LogP contribution in [0.5, 0.6) is 0 Å². The van der Waals surface area contributed by atoms with Crippen LogP contribution in [-0.4, -0.2) is 72.3 Å². The summed E-state index contributed by atoms with van der Waals surface area (Å²) in [7, 11) is 0. The van der Waals surface area contributed by atoms with Crippen LogP contribution < -0.4 is 10.6 Å². The van der Waals surface area contributed by atoms with Crippen molar-refractivity contribution >= 4 is 23.6 Å². The highest BCUT2D eigenvalue weighted by molar-refractivity contribution is 6.05. The molecule has 3 heterocycles. The van der Waals surface area contributed by atoms with Crippen molar-refractivity contribution in [2.75, 3.05) is 32.8 Å². The van der Waals surface area contributed by atoms with Gasteiger partial charge in [-0.15, -0.1) is 0 Å². The lowest BCUT2D eigenvalue weighted by Crippen LogP contribution is -2.52. The molecule has 2 fully saturated rings. The number of aryl methyl sites for hydroxylation is 1. The molecule has 37 heavy (non-hydrogen) atoms. The molecule has 4 amide bonds. The van der Waals surface area contributed by atoms with Crippen molar-refractivity contribution in [3.63, 3.8) is 0 Å². The van der Waals surface area contributed by atoms with Crippen molar-refractivity contribution < 1.29 is 23.9 Å². The SMILES string of the molecule is Cc1ccc(C(=O)NCc2ccc3c(c2)CN(C2CCC(=O)NC2=O)C3=O)cc1CCN1CCOCC1. The van der Waals surface area contributed by atoms with E-state index >= 15 is 0 Å². The number of hydrogen-bond acceptors (Lipinski definition) is 6. The minimum atomic E-state index is -0.639. The number of rotatable bonds is 7. The van der Waals surface area contributed by atoms with Gasteiger partial charge in [-0.05, 0) is 60.2 Å². The molecule has 2 N–H and O–H groups in total. The zero-order valence-electron chi connectivity index (χ0n) is 21.0. The molecule has 3 aliphatic heterocycles. The molecule has 0 aromatic heterocycles. The number of amides is 4. The van der Waals surface area contributed by atoms with E-state index in [4.69, 9.17) is 4.74 Å². The van der Waals surface area contributed by atoms with Crippen LogP contribution in [0.1, 0.15) is 55.8 Å². The molecule has 0 spiro atoms. The first kappa shape index (κ1) is 25.1. The smallest absolute Gasteiger partial charge is 0.255 e. The number of benzene rings is 2. The summed E-state index contributed by atoms with van der Waals surface area (Å²) < 4.78 is 5.42. The molecule has 2 aromatic rings. The number of nitrogens with one attached hydrogen (secondary N) is 2. The second kappa shape index (κ2) is 10.8. The first-order valence-corrected chi connectivity index (χ1v) is 12.8. The van der Waals surface area contributed by atoms with E-state index in [1.165, 1.54) is 16.0 Å². The van der Waals surface area contributed by atoms with Gasteiger partial charge in [0.05, 0.1) is 13.2 Å². The zero-order valence-corrected chi connectivity index (χ0v) is 21.0. The van der Waals surface area contributed by atoms with Crippen LogP contribution in [0.25, 0.3) is 0 Å². The molecule has 9 nitrogen and oxygen atoms in total. The summed E-state index contributed by atoms with van der Waals surface area (Å²) in [4.78, 5) is 53.4. The van der Waals surface area contributed by atoms with Gasteiger partial charge >= 0.3 is 0 Å². The van der Waals surface area contributed by atoms with Crippen molar-refractivity contribution in [2.45, 2.75) is 45.3 Å². The first-order chi connectivity index (χ1) is 17.9. The Morgan fingerprint density at radius 2 is 1.92 bits per heavy atom. The number of imide groups is 1. The van der Waals surface area contributed by atoms with Gasteiger partial charge in [0.15, 0.2) is 0 Å². The molecular formula is C28H32N4O5. The van der Waals surface area contributed by atoms with E-state index in [0.717, 1.165) is 50.4 Å². The Bertz CT molecular complexity index is 1240. The lowest BCUT2D eigenvalue weighted by atomic mass is 10.0. The average Bonchev–Trinajstić information content (AvgIpc) is 3.22. The fourth-order valence-electron chi connectivity index (χ4n) is 5.21. The molecular weight excluding hydrogens is 472 g/mol. The van der Waals surface area contributed by atoms with Crippen LogP contribution in [0.2, 0.25) is 0 Å². The van der Waals surface area contributed by atoms with Crippen LogP contribution in [0.4, 0.5) is 0 Å². The van der Waals surface area contributed by atoms with Crippen LogP contribution in [0, 0.1) is 6.92 Å². The molecule has 0 saturated carbocycles. The number of carbonyl (C=O) groups is 4. The van der Waals surface area contributed by atoms with Gasteiger partial charge in [0, 0.05) is 50.3 Å². The number of fused-ring (bicyclic) bond motifs is 1. The number of hydrogen-bond donors (Lipinski definition) is 2. The Morgan fingerprint density at radius 1 is 1.11 bits per heavy atom. The van der Waals surface area contributed by atoms with E-state index in [9.17, 15) is 19.2 Å². The number of ether oxygens (including phenoxy) is 1. The van der Waals surface area contributed by atoms with E-state index in [2.05, 4.69) is 22.5 Å². The van der Waals surface area contributed by atoms with E-state index in [-0.39, 0.29) is 24.1 Å². The highest BCUT2D eigenvalue weighted by Gasteiger charge is 2.39. The van der Waals surface area contributed by atoms with Gasteiger partial charge in [-0.2, -0.15) is 0 Å². The van der Waals surface area contributed by atoms with Gasteiger partial charge in [-0.25, -0.2) is 0 Å². The topological polar surface area (TPSA) is 108 Å². The quantitative estimate of drug-likeness (QED) is 0.554. The molecule has 0 bridgehead atoms. The highest BCUT2D eigenvalue weighted by Crippen LogP contribution is 2.28. The second-order valence-electron chi connectivity index (χ2n) is 9.92. The largest absolute Gasteiger partial charge is 0.379 e. The van der Waals surface area contributed by atoms with Gasteiger partial charge in [0.2, 0.25) is 11.8 Å². The molecule has 2 aromatic carbocycles. The minimum Gasteiger partial charge on any atom is -0.379 e. The third-order valence-corrected chi connectivity index (χ3v) is 7.45. The molecule has 3 aliphatic rings. The van der Waals surface area contributed by atoms with Gasteiger partial charge in [0.25, 0.3) is 11.8 Å². The van der Waals surface area contributed by atoms with E-state index < -0.39 is 11.9 Å². The molecule has 9 heteroatoms. The second-order valence-corrected chi connectivity index (χ2v) is 9.92. The number of piperidine rings is 1. The van der Waals surface area contributed by atoms with Crippen molar-refractivity contribution in [3.05, 3.63) is 69.8 Å². The standard InChI is InChI=1S/C28H32N4O5/c1-18-2-4-21(15-20(18)8-9-31-10-12-37-13-11-31)26(34)29-16-19-3-5-23-22(14-19)17-32(28(23)36)24-6-7-25(33)30-27(24)35/h2-5,14-15,24H,6-13,16-17H2,1H3,(H,29,34)(H,30,33,35). The van der Waals surface area contributed by atoms with Gasteiger partial charge in [-0.3, -0.25) is 29.4 Å². The molecule has 194 valence electrons. The third kappa shape index (κ3) is 5.57. The van der Waals surface area contributed by atoms with Crippen LogP contribution in [0.3, 0.4) is 0 Å². The van der Waals surface area contributed by atoms with Crippen LogP contribution in [-0.2, 0) is 33.8 Å². The fraction of sp³-hybridized carbons (Fsp3) is 0.429. The van der Waals surface area contributed by atoms with Crippen LogP contribution >= 0.6 is 0 Å². The Labute approximate surface area is 216 Å². The Hall–Kier alpha value is -3.56. The lowest BCUT2D eigenvalue weighted by Gasteiger charge is -2.29. The number of carbonyl (C=O) groups excluding carboxylic acids is 4. The molecule has 1 atom stereocenters. The summed E-state index contributed by atoms with van der Waals surface area (Å²) in [5.74, 6) is -1.08. The zero-order chi connectivity index (χ0) is 25.9. The van der Waals surface area contributed by atoms with Crippen molar-refractivity contribution in [1.29, 1.82) is 0 Å². The monoisotopic (exact) mass is 504 g/mol. The van der Waals surface area contributed by atoms with Crippen molar-refractivity contribution in [3.8, 4) is 0 Å². The summed E-state index contributed by atoms with van der Waals surface area (Å²) >= 11 is 0. The van der Waals surface area contributed by atoms with E-state index in [1.807, 2.05) is 30.3 Å². The van der Waals surface area contributed by atoms with Crippen LogP contribution in [0.15, 0.2) is 36.4 Å². The molecule has 5 rings (SSSR count). The Balaban J connectivity index is 1.19. The van der Waals surface area contributed by atoms with Crippen molar-refractivity contribution in [2.24, 2.45) is 0 Å². The fourth-order valence-corrected chi connectivity index (χ4v) is 5.21. The first-order valence-electron chi connectivity index (χ1n) is 12.8. The van der Waals surface area contributed by atoms with Gasteiger partial charge in [-0.1, -0.05) is 18.2 Å². The Morgan fingerprint density at radius 3 is 2.70 bits per heavy atom. The molecule has 2 saturated heterocycles. The maximum atomic E-state index is 12.9. The predicted molar refractivity (Wildman–Crippen MR) is 136 cm³/mol. The van der Waals surface area contributed by atoms with Gasteiger partial charge < -0.3 is 15.0 Å². The molecule has 0 aliphatic carbocycles. The summed E-state index contributed by atoms with van der Waals surface area (Å²) in [5, 5.41) is 5.31.